The predicted octanol–water partition coefficient (Wildman–Crippen LogP) is 4.25. The van der Waals surface area contributed by atoms with Crippen molar-refractivity contribution in [1.82, 2.24) is 4.90 Å². The Morgan fingerprint density at radius 2 is 1.85 bits per heavy atom. The van der Waals surface area contributed by atoms with Crippen molar-refractivity contribution in [2.75, 3.05) is 19.0 Å². The van der Waals surface area contributed by atoms with Gasteiger partial charge in [0.1, 0.15) is 11.8 Å². The summed E-state index contributed by atoms with van der Waals surface area (Å²) in [6, 6.07) is 11.3. The molecule has 0 aromatic heterocycles. The SMILES string of the molecule is COc1ccccc1NC(=O)[C@@H]1CCCN1C(=O)c1cc(Cl)cc(Cl)c1. The van der Waals surface area contributed by atoms with E-state index in [0.29, 0.717) is 40.0 Å². The van der Waals surface area contributed by atoms with Crippen LogP contribution in [0, 0.1) is 0 Å². The summed E-state index contributed by atoms with van der Waals surface area (Å²) in [6.45, 7) is 0.507. The molecule has 0 radical (unpaired) electrons. The first-order chi connectivity index (χ1) is 12.5. The van der Waals surface area contributed by atoms with E-state index in [1.807, 2.05) is 12.1 Å². The molecule has 2 aromatic carbocycles. The molecule has 5 nitrogen and oxygen atoms in total. The molecule has 1 N–H and O–H groups in total. The van der Waals surface area contributed by atoms with Crippen molar-refractivity contribution in [3.8, 4) is 5.75 Å². The molecule has 0 unspecified atom stereocenters. The molecule has 2 amide bonds. The molecule has 26 heavy (non-hydrogen) atoms. The predicted molar refractivity (Wildman–Crippen MR) is 102 cm³/mol. The Hall–Kier alpha value is -2.24. The van der Waals surface area contributed by atoms with Crippen LogP contribution in [0.25, 0.3) is 0 Å². The van der Waals surface area contributed by atoms with Gasteiger partial charge >= 0.3 is 0 Å². The average Bonchev–Trinajstić information content (AvgIpc) is 3.10. The maximum atomic E-state index is 12.8. The Labute approximate surface area is 161 Å². The molecular weight excluding hydrogens is 375 g/mol. The van der Waals surface area contributed by atoms with Crippen molar-refractivity contribution in [2.45, 2.75) is 18.9 Å². The minimum absolute atomic E-state index is 0.242. The van der Waals surface area contributed by atoms with Crippen LogP contribution in [0.2, 0.25) is 10.0 Å². The number of methoxy groups -OCH3 is 1. The van der Waals surface area contributed by atoms with Crippen LogP contribution in [0.15, 0.2) is 42.5 Å². The minimum Gasteiger partial charge on any atom is -0.495 e. The lowest BCUT2D eigenvalue weighted by atomic mass is 10.1. The molecule has 1 heterocycles. The van der Waals surface area contributed by atoms with Crippen LogP contribution >= 0.6 is 23.2 Å². The maximum absolute atomic E-state index is 12.8. The van der Waals surface area contributed by atoms with E-state index in [2.05, 4.69) is 5.32 Å². The molecule has 1 saturated heterocycles. The van der Waals surface area contributed by atoms with E-state index in [4.69, 9.17) is 27.9 Å². The molecule has 0 bridgehead atoms. The fraction of sp³-hybridized carbons (Fsp3) is 0.263. The fourth-order valence-corrected chi connectivity index (χ4v) is 3.62. The lowest BCUT2D eigenvalue weighted by Crippen LogP contribution is -2.43. The Bertz CT molecular complexity index is 821. The van der Waals surface area contributed by atoms with Gasteiger partial charge in [0.25, 0.3) is 5.91 Å². The summed E-state index contributed by atoms with van der Waals surface area (Å²) < 4.78 is 5.25. The van der Waals surface area contributed by atoms with E-state index < -0.39 is 6.04 Å². The number of hydrogen-bond acceptors (Lipinski definition) is 3. The van der Waals surface area contributed by atoms with Crippen LogP contribution in [0.3, 0.4) is 0 Å². The van der Waals surface area contributed by atoms with Crippen molar-refractivity contribution in [2.24, 2.45) is 0 Å². The number of para-hydroxylation sites is 2. The fourth-order valence-electron chi connectivity index (χ4n) is 3.09. The second-order valence-electron chi connectivity index (χ2n) is 6.00. The first-order valence-electron chi connectivity index (χ1n) is 8.20. The molecule has 1 aliphatic heterocycles. The Morgan fingerprint density at radius 3 is 2.54 bits per heavy atom. The number of ether oxygens (including phenoxy) is 1. The van der Waals surface area contributed by atoms with Crippen molar-refractivity contribution < 1.29 is 14.3 Å². The van der Waals surface area contributed by atoms with Crippen LogP contribution in [-0.2, 0) is 4.79 Å². The van der Waals surface area contributed by atoms with E-state index >= 15 is 0 Å². The van der Waals surface area contributed by atoms with E-state index in [9.17, 15) is 9.59 Å². The summed E-state index contributed by atoms with van der Waals surface area (Å²) in [4.78, 5) is 27.2. The number of halogens is 2. The quantitative estimate of drug-likeness (QED) is 0.845. The summed E-state index contributed by atoms with van der Waals surface area (Å²) in [6.07, 6.45) is 1.35. The number of carbonyl (C=O) groups is 2. The number of anilines is 1. The molecule has 7 heteroatoms. The standard InChI is InChI=1S/C19H18Cl2N2O3/c1-26-17-7-3-2-5-15(17)22-18(24)16-6-4-8-23(16)19(25)12-9-13(20)11-14(21)10-12/h2-3,5,7,9-11,16H,4,6,8H2,1H3,(H,22,24)/t16-/m0/s1. The van der Waals surface area contributed by atoms with Gasteiger partial charge in [-0.05, 0) is 43.2 Å². The number of hydrogen-bond donors (Lipinski definition) is 1. The summed E-state index contributed by atoms with van der Waals surface area (Å²) in [5.41, 5.74) is 0.949. The van der Waals surface area contributed by atoms with E-state index in [1.165, 1.54) is 0 Å². The van der Waals surface area contributed by atoms with Crippen molar-refractivity contribution >= 4 is 40.7 Å². The van der Waals surface area contributed by atoms with Gasteiger partial charge in [0, 0.05) is 22.2 Å². The van der Waals surface area contributed by atoms with Gasteiger partial charge in [-0.15, -0.1) is 0 Å². The number of nitrogens with zero attached hydrogens (tertiary/aromatic N) is 1. The molecule has 2 aromatic rings. The molecule has 3 rings (SSSR count). The van der Waals surface area contributed by atoms with Crippen LogP contribution in [0.1, 0.15) is 23.2 Å². The molecular formula is C19H18Cl2N2O3. The molecule has 1 atom stereocenters. The van der Waals surface area contributed by atoms with Gasteiger partial charge in [-0.2, -0.15) is 0 Å². The van der Waals surface area contributed by atoms with E-state index in [1.54, 1.807) is 42.3 Å². The lowest BCUT2D eigenvalue weighted by Gasteiger charge is -2.24. The normalized spacial score (nSPS) is 16.4. The number of amides is 2. The summed E-state index contributed by atoms with van der Waals surface area (Å²) in [5.74, 6) is 0.0684. The highest BCUT2D eigenvalue weighted by Gasteiger charge is 2.35. The number of nitrogens with one attached hydrogen (secondary N) is 1. The van der Waals surface area contributed by atoms with Gasteiger partial charge in [-0.1, -0.05) is 35.3 Å². The summed E-state index contributed by atoms with van der Waals surface area (Å²) in [5, 5.41) is 3.62. The van der Waals surface area contributed by atoms with Crippen LogP contribution in [0.4, 0.5) is 5.69 Å². The largest absolute Gasteiger partial charge is 0.495 e. The number of likely N-dealkylation sites (tertiary alicyclic amines) is 1. The average molecular weight is 393 g/mol. The van der Waals surface area contributed by atoms with Gasteiger partial charge in [0.15, 0.2) is 0 Å². The molecule has 0 saturated carbocycles. The van der Waals surface area contributed by atoms with Crippen LogP contribution in [-0.4, -0.2) is 36.4 Å². The van der Waals surface area contributed by atoms with Gasteiger partial charge in [0.2, 0.25) is 5.91 Å². The highest BCUT2D eigenvalue weighted by Crippen LogP contribution is 2.27. The zero-order valence-corrected chi connectivity index (χ0v) is 15.7. The topological polar surface area (TPSA) is 58.6 Å². The monoisotopic (exact) mass is 392 g/mol. The van der Waals surface area contributed by atoms with E-state index in [0.717, 1.165) is 6.42 Å². The second kappa shape index (κ2) is 7.98. The third-order valence-corrected chi connectivity index (χ3v) is 4.73. The molecule has 0 aliphatic carbocycles. The third kappa shape index (κ3) is 3.94. The van der Waals surface area contributed by atoms with Gasteiger partial charge in [0.05, 0.1) is 12.8 Å². The van der Waals surface area contributed by atoms with Crippen molar-refractivity contribution in [3.63, 3.8) is 0 Å². The highest BCUT2D eigenvalue weighted by atomic mass is 35.5. The highest BCUT2D eigenvalue weighted by molar-refractivity contribution is 6.35. The Morgan fingerprint density at radius 1 is 1.15 bits per heavy atom. The third-order valence-electron chi connectivity index (χ3n) is 4.29. The summed E-state index contributed by atoms with van der Waals surface area (Å²) in [7, 11) is 1.54. The first-order valence-corrected chi connectivity index (χ1v) is 8.96. The molecule has 1 fully saturated rings. The number of rotatable bonds is 4. The Kier molecular flexibility index (Phi) is 5.69. The van der Waals surface area contributed by atoms with Crippen LogP contribution < -0.4 is 10.1 Å². The molecule has 0 spiro atoms. The second-order valence-corrected chi connectivity index (χ2v) is 6.88. The smallest absolute Gasteiger partial charge is 0.254 e. The zero-order chi connectivity index (χ0) is 18.7. The summed E-state index contributed by atoms with van der Waals surface area (Å²) >= 11 is 12.0. The first kappa shape index (κ1) is 18.5. The molecule has 136 valence electrons. The molecule has 1 aliphatic rings. The van der Waals surface area contributed by atoms with Gasteiger partial charge in [-0.3, -0.25) is 9.59 Å². The number of benzene rings is 2. The Balaban J connectivity index is 1.79. The van der Waals surface area contributed by atoms with Crippen molar-refractivity contribution in [3.05, 3.63) is 58.1 Å². The number of carbonyl (C=O) groups excluding carboxylic acids is 2. The van der Waals surface area contributed by atoms with Gasteiger partial charge < -0.3 is 15.0 Å². The van der Waals surface area contributed by atoms with E-state index in [-0.39, 0.29) is 11.8 Å². The lowest BCUT2D eigenvalue weighted by molar-refractivity contribution is -0.119. The zero-order valence-electron chi connectivity index (χ0n) is 14.2. The van der Waals surface area contributed by atoms with Crippen molar-refractivity contribution in [1.29, 1.82) is 0 Å². The minimum atomic E-state index is -0.551. The van der Waals surface area contributed by atoms with Gasteiger partial charge in [-0.25, -0.2) is 0 Å². The maximum Gasteiger partial charge on any atom is 0.254 e. The van der Waals surface area contributed by atoms with Crippen LogP contribution in [0.5, 0.6) is 5.75 Å².